The number of rotatable bonds is 10. The molecule has 3 atom stereocenters. The lowest BCUT2D eigenvalue weighted by Gasteiger charge is -2.27. The maximum absolute atomic E-state index is 14.0. The van der Waals surface area contributed by atoms with Crippen molar-refractivity contribution < 1.29 is 31.9 Å². The van der Waals surface area contributed by atoms with Crippen LogP contribution in [0.25, 0.3) is 11.1 Å². The van der Waals surface area contributed by atoms with Crippen LogP contribution in [-0.4, -0.2) is 35.2 Å². The maximum Gasteiger partial charge on any atom is 0.418 e. The topological polar surface area (TPSA) is 85.2 Å². The van der Waals surface area contributed by atoms with E-state index in [1.807, 2.05) is 13.8 Å². The predicted octanol–water partition coefficient (Wildman–Crippen LogP) is 5.43. The van der Waals surface area contributed by atoms with Crippen LogP contribution in [0.5, 0.6) is 0 Å². The van der Waals surface area contributed by atoms with Crippen LogP contribution < -0.4 is 10.6 Å². The molecule has 0 saturated heterocycles. The lowest BCUT2D eigenvalue weighted by atomic mass is 9.97. The summed E-state index contributed by atoms with van der Waals surface area (Å²) in [5.41, 5.74) is 0.150. The van der Waals surface area contributed by atoms with Gasteiger partial charge in [-0.05, 0) is 47.4 Å². The number of benzene rings is 2. The quantitative estimate of drug-likeness (QED) is 0.373. The summed E-state index contributed by atoms with van der Waals surface area (Å²) in [5, 5.41) is 24.1. The number of hydrogen-bond acceptors (Lipinski definition) is 4. The zero-order valence-corrected chi connectivity index (χ0v) is 19.8. The monoisotopic (exact) mass is 509 g/mol. The number of nitriles is 1. The third kappa shape index (κ3) is 6.80. The molecule has 0 aliphatic heterocycles. The Hall–Kier alpha value is -3.03. The van der Waals surface area contributed by atoms with Gasteiger partial charge in [0.25, 0.3) is 6.43 Å². The average Bonchev–Trinajstić information content (AvgIpc) is 3.60. The Labute approximate surface area is 206 Å². The van der Waals surface area contributed by atoms with Crippen molar-refractivity contribution in [3.05, 3.63) is 59.7 Å². The molecule has 36 heavy (non-hydrogen) atoms. The molecule has 1 saturated carbocycles. The second-order valence-electron chi connectivity index (χ2n) is 9.53. The van der Waals surface area contributed by atoms with Crippen molar-refractivity contribution in [2.75, 3.05) is 0 Å². The second kappa shape index (κ2) is 10.9. The minimum atomic E-state index is -4.78. The van der Waals surface area contributed by atoms with Gasteiger partial charge < -0.3 is 10.4 Å². The molecule has 1 aliphatic rings. The van der Waals surface area contributed by atoms with Crippen LogP contribution in [0, 0.1) is 17.2 Å². The van der Waals surface area contributed by atoms with Crippen LogP contribution in [0.1, 0.15) is 56.4 Å². The molecule has 0 radical (unpaired) electrons. The standard InChI is InChI=1S/C26H28F5N3O2/c1-15(2)13-20(24(36)34-25(14-32)11-12-25)33-21(23(27)28)18-7-3-16(4-8-18)17-5-9-19(10-6-17)22(35)26(29,30)31/h3-10,15,20-23,33,35H,11-13H2,1-2H3,(H,34,36)/t20-,21-,22?/m0/s1. The summed E-state index contributed by atoms with van der Waals surface area (Å²) in [4.78, 5) is 12.8. The molecule has 10 heteroatoms. The summed E-state index contributed by atoms with van der Waals surface area (Å²) < 4.78 is 66.2. The fourth-order valence-electron chi connectivity index (χ4n) is 3.90. The zero-order valence-electron chi connectivity index (χ0n) is 19.8. The number of amides is 1. The van der Waals surface area contributed by atoms with E-state index >= 15 is 0 Å². The first-order valence-corrected chi connectivity index (χ1v) is 11.6. The molecule has 1 amide bonds. The van der Waals surface area contributed by atoms with Crippen molar-refractivity contribution in [2.45, 2.75) is 69.4 Å². The average molecular weight is 510 g/mol. The number of hydrogen-bond donors (Lipinski definition) is 3. The molecule has 3 N–H and O–H groups in total. The summed E-state index contributed by atoms with van der Waals surface area (Å²) in [6.07, 6.45) is -8.85. The Morgan fingerprint density at radius 2 is 1.53 bits per heavy atom. The molecule has 3 rings (SSSR count). The third-order valence-corrected chi connectivity index (χ3v) is 6.12. The van der Waals surface area contributed by atoms with Crippen LogP contribution in [0.15, 0.2) is 48.5 Å². The van der Waals surface area contributed by atoms with Crippen molar-refractivity contribution in [3.63, 3.8) is 0 Å². The Kier molecular flexibility index (Phi) is 8.37. The fourth-order valence-corrected chi connectivity index (χ4v) is 3.90. The van der Waals surface area contributed by atoms with Crippen LogP contribution in [0.3, 0.4) is 0 Å². The Bertz CT molecular complexity index is 1070. The Balaban J connectivity index is 1.77. The summed E-state index contributed by atoms with van der Waals surface area (Å²) >= 11 is 0. The normalized spacial score (nSPS) is 17.4. The van der Waals surface area contributed by atoms with E-state index in [0.717, 1.165) is 12.1 Å². The maximum atomic E-state index is 14.0. The van der Waals surface area contributed by atoms with E-state index in [1.165, 1.54) is 24.3 Å². The molecular weight excluding hydrogens is 481 g/mol. The Morgan fingerprint density at radius 1 is 1.03 bits per heavy atom. The van der Waals surface area contributed by atoms with Gasteiger partial charge in [0.2, 0.25) is 5.91 Å². The smallest absolute Gasteiger partial charge is 0.379 e. The number of nitrogens with zero attached hydrogens (tertiary/aromatic N) is 1. The van der Waals surface area contributed by atoms with E-state index in [2.05, 4.69) is 16.7 Å². The van der Waals surface area contributed by atoms with E-state index in [9.17, 15) is 37.1 Å². The van der Waals surface area contributed by atoms with Gasteiger partial charge in [0.05, 0.1) is 18.2 Å². The number of alkyl halides is 5. The van der Waals surface area contributed by atoms with E-state index in [4.69, 9.17) is 0 Å². The molecule has 5 nitrogen and oxygen atoms in total. The summed E-state index contributed by atoms with van der Waals surface area (Å²) in [7, 11) is 0. The van der Waals surface area contributed by atoms with Gasteiger partial charge in [-0.3, -0.25) is 10.1 Å². The molecule has 2 aromatic rings. The molecule has 0 aromatic heterocycles. The van der Waals surface area contributed by atoms with Crippen LogP contribution in [0.4, 0.5) is 22.0 Å². The summed E-state index contributed by atoms with van der Waals surface area (Å²) in [6, 6.07) is 10.9. The number of aliphatic hydroxyl groups is 1. The van der Waals surface area contributed by atoms with Crippen molar-refractivity contribution in [3.8, 4) is 17.2 Å². The van der Waals surface area contributed by atoms with Crippen LogP contribution in [0.2, 0.25) is 0 Å². The molecular formula is C26H28F5N3O2. The van der Waals surface area contributed by atoms with E-state index in [-0.39, 0.29) is 17.0 Å². The SMILES string of the molecule is CC(C)C[C@H](N[C@@H](c1ccc(-c2ccc(C(O)C(F)(F)F)cc2)cc1)C(F)F)C(=O)NC1(C#N)CC1. The zero-order chi connectivity index (χ0) is 26.7. The van der Waals surface area contributed by atoms with Gasteiger partial charge >= 0.3 is 6.18 Å². The number of nitrogens with one attached hydrogen (secondary N) is 2. The fraction of sp³-hybridized carbons (Fsp3) is 0.462. The van der Waals surface area contributed by atoms with Gasteiger partial charge in [0.15, 0.2) is 6.10 Å². The third-order valence-electron chi connectivity index (χ3n) is 6.12. The molecule has 0 bridgehead atoms. The van der Waals surface area contributed by atoms with Crippen LogP contribution in [-0.2, 0) is 4.79 Å². The molecule has 0 heterocycles. The summed E-state index contributed by atoms with van der Waals surface area (Å²) in [5.74, 6) is -0.462. The number of carbonyl (C=O) groups is 1. The van der Waals surface area contributed by atoms with E-state index < -0.39 is 42.2 Å². The molecule has 1 unspecified atom stereocenters. The first-order chi connectivity index (χ1) is 16.8. The van der Waals surface area contributed by atoms with Gasteiger partial charge in [-0.2, -0.15) is 18.4 Å². The van der Waals surface area contributed by atoms with Crippen molar-refractivity contribution >= 4 is 5.91 Å². The van der Waals surface area contributed by atoms with Crippen molar-refractivity contribution in [1.82, 2.24) is 10.6 Å². The molecule has 1 fully saturated rings. The first kappa shape index (κ1) is 27.6. The number of halogens is 5. The molecule has 194 valence electrons. The highest BCUT2D eigenvalue weighted by Crippen LogP contribution is 2.35. The van der Waals surface area contributed by atoms with E-state index in [1.54, 1.807) is 12.1 Å². The van der Waals surface area contributed by atoms with Crippen LogP contribution >= 0.6 is 0 Å². The van der Waals surface area contributed by atoms with Gasteiger partial charge in [-0.1, -0.05) is 62.4 Å². The number of aliphatic hydroxyl groups excluding tert-OH is 1. The highest BCUT2D eigenvalue weighted by atomic mass is 19.4. The molecule has 1 aliphatic carbocycles. The number of carbonyl (C=O) groups excluding carboxylic acids is 1. The minimum Gasteiger partial charge on any atom is -0.379 e. The minimum absolute atomic E-state index is 0.0324. The second-order valence-corrected chi connectivity index (χ2v) is 9.53. The Morgan fingerprint density at radius 3 is 1.92 bits per heavy atom. The lowest BCUT2D eigenvalue weighted by Crippen LogP contribution is -2.51. The highest BCUT2D eigenvalue weighted by molar-refractivity contribution is 5.83. The summed E-state index contributed by atoms with van der Waals surface area (Å²) in [6.45, 7) is 3.73. The van der Waals surface area contributed by atoms with Gasteiger partial charge in [-0.25, -0.2) is 8.78 Å². The van der Waals surface area contributed by atoms with Crippen molar-refractivity contribution in [2.24, 2.45) is 5.92 Å². The molecule has 0 spiro atoms. The first-order valence-electron chi connectivity index (χ1n) is 11.6. The largest absolute Gasteiger partial charge is 0.418 e. The van der Waals surface area contributed by atoms with Crippen molar-refractivity contribution in [1.29, 1.82) is 5.26 Å². The van der Waals surface area contributed by atoms with Gasteiger partial charge in [0, 0.05) is 0 Å². The van der Waals surface area contributed by atoms with Gasteiger partial charge in [0.1, 0.15) is 5.54 Å². The lowest BCUT2D eigenvalue weighted by molar-refractivity contribution is -0.206. The predicted molar refractivity (Wildman–Crippen MR) is 124 cm³/mol. The van der Waals surface area contributed by atoms with E-state index in [0.29, 0.717) is 30.4 Å². The van der Waals surface area contributed by atoms with Gasteiger partial charge in [-0.15, -0.1) is 0 Å². The molecule has 2 aromatic carbocycles. The highest BCUT2D eigenvalue weighted by Gasteiger charge is 2.46.